The van der Waals surface area contributed by atoms with E-state index in [1.165, 1.54) is 20.2 Å². The lowest BCUT2D eigenvalue weighted by atomic mass is 9.87. The molecular formula is C16H20N2O5. The van der Waals surface area contributed by atoms with Crippen LogP contribution in [0.1, 0.15) is 32.6 Å². The average molecular weight is 320 g/mol. The van der Waals surface area contributed by atoms with E-state index >= 15 is 0 Å². The van der Waals surface area contributed by atoms with Gasteiger partial charge < -0.3 is 14.8 Å². The van der Waals surface area contributed by atoms with Gasteiger partial charge in [-0.2, -0.15) is 0 Å². The molecule has 0 aliphatic heterocycles. The van der Waals surface area contributed by atoms with Gasteiger partial charge in [0.25, 0.3) is 5.91 Å². The Balaban J connectivity index is 1.84. The highest BCUT2D eigenvalue weighted by Gasteiger charge is 2.28. The van der Waals surface area contributed by atoms with Crippen molar-refractivity contribution in [1.29, 1.82) is 0 Å². The molecule has 124 valence electrons. The molecule has 7 nitrogen and oxygen atoms in total. The zero-order valence-corrected chi connectivity index (χ0v) is 13.2. The number of anilines is 1. The fraction of sp³-hybridized carbons (Fsp3) is 0.500. The second-order valence-corrected chi connectivity index (χ2v) is 5.51. The monoisotopic (exact) mass is 320 g/mol. The molecule has 0 radical (unpaired) electrons. The first-order chi connectivity index (χ1) is 11.0. The maximum Gasteiger partial charge on any atom is 0.308 e. The van der Waals surface area contributed by atoms with Gasteiger partial charge in [-0.3, -0.25) is 14.4 Å². The lowest BCUT2D eigenvalue weighted by Gasteiger charge is -2.27. The first-order valence-electron chi connectivity index (χ1n) is 7.52. The molecule has 0 saturated heterocycles. The van der Waals surface area contributed by atoms with Crippen LogP contribution in [0.3, 0.4) is 0 Å². The van der Waals surface area contributed by atoms with Crippen LogP contribution < -0.4 is 10.1 Å². The highest BCUT2D eigenvalue weighted by atomic mass is 16.5. The number of amides is 1. The third-order valence-corrected chi connectivity index (χ3v) is 3.81. The molecule has 0 unspecified atom stereocenters. The summed E-state index contributed by atoms with van der Waals surface area (Å²) in [5, 5.41) is 2.44. The third kappa shape index (κ3) is 4.77. The van der Waals surface area contributed by atoms with E-state index in [1.54, 1.807) is 12.1 Å². The maximum absolute atomic E-state index is 11.5. The summed E-state index contributed by atoms with van der Waals surface area (Å²) in [5.74, 6) is -0.995. The summed E-state index contributed by atoms with van der Waals surface area (Å²) in [6.45, 7) is 1.20. The van der Waals surface area contributed by atoms with Crippen molar-refractivity contribution in [1.82, 2.24) is 4.98 Å². The summed E-state index contributed by atoms with van der Waals surface area (Å²) in [4.78, 5) is 37.7. The highest BCUT2D eigenvalue weighted by Crippen LogP contribution is 2.28. The van der Waals surface area contributed by atoms with Crippen LogP contribution >= 0.6 is 0 Å². The number of methoxy groups -OCH3 is 1. The fourth-order valence-electron chi connectivity index (χ4n) is 2.50. The Hall–Kier alpha value is -2.44. The Morgan fingerprint density at radius 3 is 2.39 bits per heavy atom. The van der Waals surface area contributed by atoms with E-state index < -0.39 is 11.7 Å². The molecule has 0 aromatic carbocycles. The quantitative estimate of drug-likeness (QED) is 0.656. The Bertz CT molecular complexity index is 577. The number of pyridine rings is 1. The second-order valence-electron chi connectivity index (χ2n) is 5.51. The molecule has 1 aromatic heterocycles. The number of esters is 1. The van der Waals surface area contributed by atoms with Crippen molar-refractivity contribution in [2.24, 2.45) is 5.92 Å². The predicted molar refractivity (Wildman–Crippen MR) is 81.9 cm³/mol. The number of rotatable bonds is 5. The summed E-state index contributed by atoms with van der Waals surface area (Å²) < 4.78 is 10.5. The third-order valence-electron chi connectivity index (χ3n) is 3.81. The van der Waals surface area contributed by atoms with Crippen molar-refractivity contribution in [2.45, 2.75) is 38.7 Å². The van der Waals surface area contributed by atoms with Gasteiger partial charge in [-0.05, 0) is 31.7 Å². The molecule has 1 aromatic rings. The van der Waals surface area contributed by atoms with E-state index in [-0.39, 0.29) is 18.0 Å². The van der Waals surface area contributed by atoms with Gasteiger partial charge in [0.05, 0.1) is 24.9 Å². The van der Waals surface area contributed by atoms with Gasteiger partial charge in [0, 0.05) is 13.0 Å². The summed E-state index contributed by atoms with van der Waals surface area (Å²) >= 11 is 0. The van der Waals surface area contributed by atoms with Gasteiger partial charge in [0.2, 0.25) is 11.7 Å². The van der Waals surface area contributed by atoms with Crippen molar-refractivity contribution in [2.75, 3.05) is 12.4 Å². The van der Waals surface area contributed by atoms with Gasteiger partial charge in [0.15, 0.2) is 0 Å². The van der Waals surface area contributed by atoms with E-state index in [1.807, 2.05) is 0 Å². The largest absolute Gasteiger partial charge is 0.474 e. The first-order valence-corrected chi connectivity index (χ1v) is 7.52. The van der Waals surface area contributed by atoms with Gasteiger partial charge in [-0.15, -0.1) is 0 Å². The molecule has 1 aliphatic carbocycles. The second kappa shape index (κ2) is 7.71. The molecule has 0 bridgehead atoms. The molecule has 23 heavy (non-hydrogen) atoms. The Labute approximate surface area is 134 Å². The summed E-state index contributed by atoms with van der Waals surface area (Å²) in [7, 11) is 1.40. The van der Waals surface area contributed by atoms with Crippen LogP contribution in [-0.4, -0.2) is 35.9 Å². The van der Waals surface area contributed by atoms with Crippen molar-refractivity contribution in [3.8, 4) is 5.88 Å². The van der Waals surface area contributed by atoms with Crippen LogP contribution in [0, 0.1) is 5.92 Å². The van der Waals surface area contributed by atoms with Gasteiger partial charge in [-0.25, -0.2) is 4.98 Å². The van der Waals surface area contributed by atoms with E-state index in [9.17, 15) is 14.4 Å². The summed E-state index contributed by atoms with van der Waals surface area (Å²) in [6.07, 6.45) is 4.47. The maximum atomic E-state index is 11.5. The van der Waals surface area contributed by atoms with E-state index in [2.05, 4.69) is 10.3 Å². The molecule has 1 aliphatic rings. The van der Waals surface area contributed by atoms with Crippen molar-refractivity contribution >= 4 is 23.3 Å². The SMILES string of the molecule is COC(=O)C1CCC(Oc2ccc(NC(=O)C(C)=O)cn2)CC1. The van der Waals surface area contributed by atoms with Crippen molar-refractivity contribution in [3.05, 3.63) is 18.3 Å². The van der Waals surface area contributed by atoms with Crippen molar-refractivity contribution in [3.63, 3.8) is 0 Å². The van der Waals surface area contributed by atoms with Gasteiger partial charge in [-0.1, -0.05) is 0 Å². The van der Waals surface area contributed by atoms with E-state index in [0.29, 0.717) is 11.6 Å². The van der Waals surface area contributed by atoms with Gasteiger partial charge in [0.1, 0.15) is 6.10 Å². The molecule has 0 atom stereocenters. The number of carbonyl (C=O) groups is 3. The molecule has 7 heteroatoms. The highest BCUT2D eigenvalue weighted by molar-refractivity contribution is 6.39. The lowest BCUT2D eigenvalue weighted by molar-refractivity contribution is -0.147. The molecule has 1 fully saturated rings. The van der Waals surface area contributed by atoms with Crippen LogP contribution in [0.15, 0.2) is 18.3 Å². The summed E-state index contributed by atoms with van der Waals surface area (Å²) in [5.41, 5.74) is 0.437. The van der Waals surface area contributed by atoms with Crippen LogP contribution in [0.25, 0.3) is 0 Å². The molecule has 2 rings (SSSR count). The van der Waals surface area contributed by atoms with E-state index in [0.717, 1.165) is 25.7 Å². The smallest absolute Gasteiger partial charge is 0.308 e. The van der Waals surface area contributed by atoms with Crippen LogP contribution in [-0.2, 0) is 19.1 Å². The molecule has 1 saturated carbocycles. The van der Waals surface area contributed by atoms with Gasteiger partial charge >= 0.3 is 5.97 Å². The zero-order valence-electron chi connectivity index (χ0n) is 13.2. The number of Topliss-reactive ketones (excluding diaryl/α,β-unsaturated/α-hetero) is 1. The molecule has 1 heterocycles. The minimum Gasteiger partial charge on any atom is -0.474 e. The number of carbonyl (C=O) groups excluding carboxylic acids is 3. The number of nitrogens with zero attached hydrogens (tertiary/aromatic N) is 1. The minimum atomic E-state index is -0.679. The molecule has 1 amide bonds. The molecule has 1 N–H and O–H groups in total. The Morgan fingerprint density at radius 2 is 1.87 bits per heavy atom. The van der Waals surface area contributed by atoms with Crippen LogP contribution in [0.2, 0.25) is 0 Å². The van der Waals surface area contributed by atoms with Crippen LogP contribution in [0.4, 0.5) is 5.69 Å². The minimum absolute atomic E-state index is 0.0149. The normalized spacial score (nSPS) is 20.4. The Morgan fingerprint density at radius 1 is 1.17 bits per heavy atom. The molecular weight excluding hydrogens is 300 g/mol. The topological polar surface area (TPSA) is 94.6 Å². The van der Waals surface area contributed by atoms with Crippen LogP contribution in [0.5, 0.6) is 5.88 Å². The fourth-order valence-corrected chi connectivity index (χ4v) is 2.50. The Kier molecular flexibility index (Phi) is 5.67. The number of aromatic nitrogens is 1. The average Bonchev–Trinajstić information content (AvgIpc) is 2.56. The van der Waals surface area contributed by atoms with Crippen molar-refractivity contribution < 1.29 is 23.9 Å². The number of hydrogen-bond acceptors (Lipinski definition) is 6. The first kappa shape index (κ1) is 16.9. The molecule has 0 spiro atoms. The standard InChI is InChI=1S/C16H20N2O5/c1-10(19)15(20)18-12-5-8-14(17-9-12)23-13-6-3-11(4-7-13)16(21)22-2/h5,8-9,11,13H,3-4,6-7H2,1-2H3,(H,18,20). The number of ketones is 1. The predicted octanol–water partition coefficient (Wildman–Crippen LogP) is 1.72. The zero-order chi connectivity index (χ0) is 16.8. The van der Waals surface area contributed by atoms with E-state index in [4.69, 9.17) is 9.47 Å². The number of ether oxygens (including phenoxy) is 2. The lowest BCUT2D eigenvalue weighted by Crippen LogP contribution is -2.28. The number of nitrogens with one attached hydrogen (secondary N) is 1. The summed E-state index contributed by atoms with van der Waals surface area (Å²) in [6, 6.07) is 3.27. The number of hydrogen-bond donors (Lipinski definition) is 1.